The molecule has 17 heavy (non-hydrogen) atoms. The summed E-state index contributed by atoms with van der Waals surface area (Å²) < 4.78 is 5.47. The molecule has 4 bridgehead atoms. The minimum absolute atomic E-state index is 0.353. The van der Waals surface area contributed by atoms with Gasteiger partial charge in [-0.05, 0) is 56.3 Å². The maximum atomic E-state index is 5.60. The fraction of sp³-hybridized carbons (Fsp3) is 0.786. The molecule has 0 saturated heterocycles. The molecule has 92 valence electrons. The molecule has 1 aromatic rings. The van der Waals surface area contributed by atoms with Gasteiger partial charge in [0, 0.05) is 5.41 Å². The topological polar surface area (TPSA) is 52.0 Å². The van der Waals surface area contributed by atoms with Gasteiger partial charge in [-0.2, -0.15) is 0 Å². The van der Waals surface area contributed by atoms with Crippen LogP contribution >= 0.6 is 0 Å². The highest BCUT2D eigenvalue weighted by atomic mass is 16.3. The van der Waals surface area contributed by atoms with E-state index in [1.165, 1.54) is 44.2 Å². The Kier molecular flexibility index (Phi) is 1.99. The third-order valence-corrected chi connectivity index (χ3v) is 5.31. The Hall–Kier alpha value is -0.830. The maximum absolute atomic E-state index is 5.60. The lowest BCUT2D eigenvalue weighted by atomic mass is 9.49. The van der Waals surface area contributed by atoms with Crippen molar-refractivity contribution in [3.05, 3.63) is 17.8 Å². The largest absolute Gasteiger partial charge is 0.447 e. The number of hydrogen-bond acceptors (Lipinski definition) is 3. The van der Waals surface area contributed by atoms with Crippen molar-refractivity contribution in [2.75, 3.05) is 0 Å². The van der Waals surface area contributed by atoms with Gasteiger partial charge in [0.15, 0.2) is 0 Å². The fourth-order valence-corrected chi connectivity index (χ4v) is 5.07. The molecule has 5 rings (SSSR count). The second-order valence-corrected chi connectivity index (χ2v) is 6.53. The second-order valence-electron chi connectivity index (χ2n) is 6.53. The van der Waals surface area contributed by atoms with Gasteiger partial charge in [-0.1, -0.05) is 0 Å². The Morgan fingerprint density at radius 2 is 1.76 bits per heavy atom. The van der Waals surface area contributed by atoms with Crippen molar-refractivity contribution in [3.63, 3.8) is 0 Å². The van der Waals surface area contributed by atoms with E-state index >= 15 is 0 Å². The summed E-state index contributed by atoms with van der Waals surface area (Å²) in [6.45, 7) is 0.423. The van der Waals surface area contributed by atoms with E-state index in [1.807, 2.05) is 6.26 Å². The molecule has 3 nitrogen and oxygen atoms in total. The van der Waals surface area contributed by atoms with Crippen molar-refractivity contribution in [1.82, 2.24) is 4.98 Å². The summed E-state index contributed by atoms with van der Waals surface area (Å²) in [6, 6.07) is 0. The molecule has 2 N–H and O–H groups in total. The van der Waals surface area contributed by atoms with Crippen molar-refractivity contribution in [2.45, 2.75) is 50.5 Å². The molecule has 0 amide bonds. The van der Waals surface area contributed by atoms with Crippen molar-refractivity contribution in [2.24, 2.45) is 23.5 Å². The van der Waals surface area contributed by atoms with Crippen molar-refractivity contribution in [3.8, 4) is 0 Å². The Morgan fingerprint density at radius 3 is 2.24 bits per heavy atom. The lowest BCUT2D eigenvalue weighted by Crippen LogP contribution is -2.48. The lowest BCUT2D eigenvalue weighted by Gasteiger charge is -2.56. The van der Waals surface area contributed by atoms with E-state index in [1.54, 1.807) is 0 Å². The van der Waals surface area contributed by atoms with Gasteiger partial charge in [-0.15, -0.1) is 0 Å². The van der Waals surface area contributed by atoms with Crippen LogP contribution in [0.5, 0.6) is 0 Å². The van der Waals surface area contributed by atoms with Crippen LogP contribution in [0.1, 0.15) is 50.1 Å². The summed E-state index contributed by atoms with van der Waals surface area (Å²) in [5, 5.41) is 0. The maximum Gasteiger partial charge on any atom is 0.207 e. The third-order valence-electron chi connectivity index (χ3n) is 5.31. The molecule has 4 aliphatic rings. The van der Waals surface area contributed by atoms with Crippen LogP contribution in [0.3, 0.4) is 0 Å². The monoisotopic (exact) mass is 232 g/mol. The van der Waals surface area contributed by atoms with Crippen molar-refractivity contribution < 1.29 is 4.42 Å². The van der Waals surface area contributed by atoms with Crippen LogP contribution in [0.15, 0.2) is 10.7 Å². The average molecular weight is 232 g/mol. The van der Waals surface area contributed by atoms with Gasteiger partial charge in [0.25, 0.3) is 0 Å². The number of oxazole rings is 1. The van der Waals surface area contributed by atoms with Crippen LogP contribution in [-0.2, 0) is 12.0 Å². The average Bonchev–Trinajstić information content (AvgIpc) is 2.76. The molecule has 0 radical (unpaired) electrons. The van der Waals surface area contributed by atoms with E-state index < -0.39 is 0 Å². The summed E-state index contributed by atoms with van der Waals surface area (Å²) in [7, 11) is 0. The summed E-state index contributed by atoms with van der Waals surface area (Å²) in [4.78, 5) is 4.63. The third kappa shape index (κ3) is 1.41. The van der Waals surface area contributed by atoms with Crippen molar-refractivity contribution in [1.29, 1.82) is 0 Å². The van der Waals surface area contributed by atoms with Crippen LogP contribution < -0.4 is 5.73 Å². The van der Waals surface area contributed by atoms with Crippen LogP contribution in [0, 0.1) is 17.8 Å². The molecule has 1 heterocycles. The molecule has 4 aliphatic carbocycles. The van der Waals surface area contributed by atoms with Crippen LogP contribution in [0.4, 0.5) is 0 Å². The second kappa shape index (κ2) is 3.35. The van der Waals surface area contributed by atoms with Gasteiger partial charge in [0.05, 0.1) is 12.2 Å². The predicted molar refractivity (Wildman–Crippen MR) is 64.2 cm³/mol. The number of nitrogens with zero attached hydrogens (tertiary/aromatic N) is 1. The highest BCUT2D eigenvalue weighted by Gasteiger charge is 2.52. The molecule has 3 heteroatoms. The predicted octanol–water partition coefficient (Wildman–Crippen LogP) is 2.60. The highest BCUT2D eigenvalue weighted by molar-refractivity contribution is 5.20. The Bertz CT molecular complexity index is 402. The van der Waals surface area contributed by atoms with Crippen molar-refractivity contribution >= 4 is 0 Å². The van der Waals surface area contributed by atoms with E-state index in [2.05, 4.69) is 4.98 Å². The van der Waals surface area contributed by atoms with Gasteiger partial charge in [-0.25, -0.2) is 4.98 Å². The normalized spacial score (nSPS) is 43.2. The molecular weight excluding hydrogens is 212 g/mol. The molecule has 0 atom stereocenters. The Labute approximate surface area is 102 Å². The van der Waals surface area contributed by atoms with Gasteiger partial charge in [0.2, 0.25) is 5.89 Å². The molecule has 0 aromatic carbocycles. The smallest absolute Gasteiger partial charge is 0.207 e. The molecule has 4 fully saturated rings. The van der Waals surface area contributed by atoms with E-state index in [4.69, 9.17) is 10.2 Å². The fourth-order valence-electron chi connectivity index (χ4n) is 5.07. The minimum Gasteiger partial charge on any atom is -0.447 e. The summed E-state index contributed by atoms with van der Waals surface area (Å²) in [5.74, 6) is 3.58. The van der Waals surface area contributed by atoms with Gasteiger partial charge >= 0.3 is 0 Å². The lowest BCUT2D eigenvalue weighted by molar-refractivity contribution is -0.00724. The quantitative estimate of drug-likeness (QED) is 0.852. The summed E-state index contributed by atoms with van der Waals surface area (Å²) in [6.07, 6.45) is 10.3. The Morgan fingerprint density at radius 1 is 1.18 bits per heavy atom. The summed E-state index contributed by atoms with van der Waals surface area (Å²) in [5.41, 5.74) is 7.16. The first-order chi connectivity index (χ1) is 8.27. The molecule has 0 unspecified atom stereocenters. The molecule has 1 aromatic heterocycles. The minimum atomic E-state index is 0.353. The van der Waals surface area contributed by atoms with E-state index in [-0.39, 0.29) is 0 Å². The van der Waals surface area contributed by atoms with Gasteiger partial charge in [0.1, 0.15) is 6.26 Å². The van der Waals surface area contributed by atoms with E-state index in [9.17, 15) is 0 Å². The zero-order valence-corrected chi connectivity index (χ0v) is 10.2. The number of nitrogens with two attached hydrogens (primary N) is 1. The van der Waals surface area contributed by atoms with E-state index in [0.717, 1.165) is 17.8 Å². The molecular formula is C14H20N2O. The molecule has 0 aliphatic heterocycles. The first kappa shape index (κ1) is 10.1. The Balaban J connectivity index is 1.72. The SMILES string of the molecule is NCc1nc(C23CC4CC(CC(C4)C2)C3)co1. The van der Waals surface area contributed by atoms with Crippen LogP contribution in [0.25, 0.3) is 0 Å². The first-order valence-corrected chi connectivity index (χ1v) is 6.92. The van der Waals surface area contributed by atoms with Gasteiger partial charge < -0.3 is 10.2 Å². The zero-order chi connectivity index (χ0) is 11.5. The van der Waals surface area contributed by atoms with Gasteiger partial charge in [-0.3, -0.25) is 0 Å². The number of rotatable bonds is 2. The number of aromatic nitrogens is 1. The molecule has 0 spiro atoms. The standard InChI is InChI=1S/C14H20N2O/c15-7-13-16-12(8-17-13)14-4-9-1-10(5-14)3-11(2-9)6-14/h8-11H,1-7,15H2. The number of hydrogen-bond donors (Lipinski definition) is 1. The zero-order valence-electron chi connectivity index (χ0n) is 10.2. The first-order valence-electron chi connectivity index (χ1n) is 6.92. The van der Waals surface area contributed by atoms with Crippen LogP contribution in [0.2, 0.25) is 0 Å². The van der Waals surface area contributed by atoms with Crippen LogP contribution in [-0.4, -0.2) is 4.98 Å². The van der Waals surface area contributed by atoms with E-state index in [0.29, 0.717) is 17.9 Å². The highest BCUT2D eigenvalue weighted by Crippen LogP contribution is 2.60. The molecule has 4 saturated carbocycles. The summed E-state index contributed by atoms with van der Waals surface area (Å²) >= 11 is 0.